The predicted octanol–water partition coefficient (Wildman–Crippen LogP) is 2.07. The van der Waals surface area contributed by atoms with Crippen molar-refractivity contribution in [2.45, 2.75) is 26.3 Å². The van der Waals surface area contributed by atoms with Crippen LogP contribution in [0.15, 0.2) is 22.9 Å². The first kappa shape index (κ1) is 14.6. The molecular formula is C12H15BrN2O3. The molecule has 1 heterocycles. The number of hydrogen-bond acceptors (Lipinski definition) is 3. The van der Waals surface area contributed by atoms with Gasteiger partial charge in [0.05, 0.1) is 0 Å². The van der Waals surface area contributed by atoms with Crippen molar-refractivity contribution in [2.24, 2.45) is 5.92 Å². The second-order valence-electron chi connectivity index (χ2n) is 4.36. The summed E-state index contributed by atoms with van der Waals surface area (Å²) in [5.41, 5.74) is 0.381. The fourth-order valence-corrected chi connectivity index (χ4v) is 1.84. The van der Waals surface area contributed by atoms with Crippen LogP contribution in [0.3, 0.4) is 0 Å². The summed E-state index contributed by atoms with van der Waals surface area (Å²) in [6.45, 7) is 3.82. The van der Waals surface area contributed by atoms with E-state index in [1.165, 1.54) is 12.3 Å². The smallest absolute Gasteiger partial charge is 0.326 e. The average molecular weight is 315 g/mol. The Balaban J connectivity index is 2.75. The van der Waals surface area contributed by atoms with Crippen LogP contribution in [0.2, 0.25) is 0 Å². The first-order valence-corrected chi connectivity index (χ1v) is 6.34. The zero-order valence-electron chi connectivity index (χ0n) is 10.2. The Morgan fingerprint density at radius 1 is 1.50 bits per heavy atom. The molecule has 1 aromatic rings. The number of pyridine rings is 1. The molecule has 18 heavy (non-hydrogen) atoms. The van der Waals surface area contributed by atoms with Crippen LogP contribution in [0.4, 0.5) is 0 Å². The van der Waals surface area contributed by atoms with Gasteiger partial charge in [0, 0.05) is 11.8 Å². The van der Waals surface area contributed by atoms with Gasteiger partial charge >= 0.3 is 5.97 Å². The number of aromatic nitrogens is 1. The van der Waals surface area contributed by atoms with Crippen molar-refractivity contribution in [3.63, 3.8) is 0 Å². The number of halogens is 1. The first-order chi connectivity index (χ1) is 8.40. The van der Waals surface area contributed by atoms with Crippen LogP contribution in [0.25, 0.3) is 0 Å². The molecule has 98 valence electrons. The lowest BCUT2D eigenvalue weighted by Gasteiger charge is -2.16. The third kappa shape index (κ3) is 4.44. The van der Waals surface area contributed by atoms with Crippen molar-refractivity contribution >= 4 is 27.8 Å². The van der Waals surface area contributed by atoms with Crippen molar-refractivity contribution in [1.29, 1.82) is 0 Å². The number of carboxylic acids is 1. The van der Waals surface area contributed by atoms with Gasteiger partial charge in [0.2, 0.25) is 0 Å². The van der Waals surface area contributed by atoms with Gasteiger partial charge in [-0.25, -0.2) is 9.78 Å². The molecule has 0 bridgehead atoms. The van der Waals surface area contributed by atoms with E-state index in [4.69, 9.17) is 5.11 Å². The van der Waals surface area contributed by atoms with Gasteiger partial charge in [-0.1, -0.05) is 13.8 Å². The fourth-order valence-electron chi connectivity index (χ4n) is 1.48. The number of hydrogen-bond donors (Lipinski definition) is 2. The number of rotatable bonds is 5. The van der Waals surface area contributed by atoms with E-state index in [0.29, 0.717) is 16.6 Å². The van der Waals surface area contributed by atoms with Crippen LogP contribution < -0.4 is 5.32 Å². The summed E-state index contributed by atoms with van der Waals surface area (Å²) in [6.07, 6.45) is 1.88. The van der Waals surface area contributed by atoms with E-state index >= 15 is 0 Å². The van der Waals surface area contributed by atoms with Crippen LogP contribution in [0, 0.1) is 5.92 Å². The van der Waals surface area contributed by atoms with Crippen LogP contribution in [0.1, 0.15) is 30.6 Å². The van der Waals surface area contributed by atoms with E-state index in [1.54, 1.807) is 6.07 Å². The highest BCUT2D eigenvalue weighted by Gasteiger charge is 2.21. The van der Waals surface area contributed by atoms with Gasteiger partial charge in [0.25, 0.3) is 5.91 Å². The Morgan fingerprint density at radius 2 is 2.17 bits per heavy atom. The van der Waals surface area contributed by atoms with Crippen molar-refractivity contribution in [3.05, 3.63) is 28.5 Å². The molecule has 1 rings (SSSR count). The highest BCUT2D eigenvalue weighted by atomic mass is 79.9. The summed E-state index contributed by atoms with van der Waals surface area (Å²) in [4.78, 5) is 26.8. The summed E-state index contributed by atoms with van der Waals surface area (Å²) in [5, 5.41) is 11.5. The van der Waals surface area contributed by atoms with Gasteiger partial charge in [0.15, 0.2) is 0 Å². The highest BCUT2D eigenvalue weighted by Crippen LogP contribution is 2.10. The fraction of sp³-hybridized carbons (Fsp3) is 0.417. The standard InChI is InChI=1S/C12H15BrN2O3/c1-7(2)5-9(12(17)18)15-11(16)8-3-4-14-10(13)6-8/h3-4,6-7,9H,5H2,1-2H3,(H,15,16)(H,17,18)/t9-/m0/s1. The molecule has 1 amide bonds. The van der Waals surface area contributed by atoms with E-state index in [0.717, 1.165) is 0 Å². The number of nitrogens with one attached hydrogen (secondary N) is 1. The first-order valence-electron chi connectivity index (χ1n) is 5.55. The van der Waals surface area contributed by atoms with Crippen molar-refractivity contribution in [2.75, 3.05) is 0 Å². The summed E-state index contributed by atoms with van der Waals surface area (Å²) >= 11 is 3.16. The van der Waals surface area contributed by atoms with Gasteiger partial charge in [-0.3, -0.25) is 4.79 Å². The summed E-state index contributed by atoms with van der Waals surface area (Å²) in [7, 11) is 0. The molecule has 1 aromatic heterocycles. The van der Waals surface area contributed by atoms with Crippen LogP contribution in [-0.2, 0) is 4.79 Å². The Kier molecular flexibility index (Phi) is 5.27. The largest absolute Gasteiger partial charge is 0.480 e. The Morgan fingerprint density at radius 3 is 2.67 bits per heavy atom. The van der Waals surface area contributed by atoms with Gasteiger partial charge < -0.3 is 10.4 Å². The quantitative estimate of drug-likeness (QED) is 0.815. The number of carboxylic acid groups (broad SMARTS) is 1. The third-order valence-corrected chi connectivity index (χ3v) is 2.73. The second-order valence-corrected chi connectivity index (χ2v) is 5.17. The van der Waals surface area contributed by atoms with Gasteiger partial charge in [-0.05, 0) is 40.4 Å². The zero-order valence-corrected chi connectivity index (χ0v) is 11.8. The van der Waals surface area contributed by atoms with E-state index in [9.17, 15) is 9.59 Å². The highest BCUT2D eigenvalue weighted by molar-refractivity contribution is 9.10. The van der Waals surface area contributed by atoms with Gasteiger partial charge in [0.1, 0.15) is 10.6 Å². The second kappa shape index (κ2) is 6.49. The molecule has 0 radical (unpaired) electrons. The minimum Gasteiger partial charge on any atom is -0.480 e. The summed E-state index contributed by atoms with van der Waals surface area (Å²) in [6, 6.07) is 2.21. The Bertz CT molecular complexity index is 449. The van der Waals surface area contributed by atoms with Crippen LogP contribution in [0.5, 0.6) is 0 Å². The molecule has 0 unspecified atom stereocenters. The van der Waals surface area contributed by atoms with Crippen LogP contribution in [-0.4, -0.2) is 28.0 Å². The molecule has 0 saturated heterocycles. The molecular weight excluding hydrogens is 300 g/mol. The molecule has 0 aliphatic rings. The molecule has 2 N–H and O–H groups in total. The number of aliphatic carboxylic acids is 1. The molecule has 0 aromatic carbocycles. The molecule has 1 atom stereocenters. The lowest BCUT2D eigenvalue weighted by atomic mass is 10.0. The number of amides is 1. The third-order valence-electron chi connectivity index (χ3n) is 2.30. The van der Waals surface area contributed by atoms with Crippen molar-refractivity contribution < 1.29 is 14.7 Å². The molecule has 0 aliphatic carbocycles. The average Bonchev–Trinajstić information content (AvgIpc) is 2.27. The molecule has 0 fully saturated rings. The van der Waals surface area contributed by atoms with E-state index in [-0.39, 0.29) is 5.92 Å². The SMILES string of the molecule is CC(C)C[C@H](NC(=O)c1ccnc(Br)c1)C(=O)O. The zero-order chi connectivity index (χ0) is 13.7. The lowest BCUT2D eigenvalue weighted by molar-refractivity contribution is -0.139. The van der Waals surface area contributed by atoms with Crippen molar-refractivity contribution in [1.82, 2.24) is 10.3 Å². The number of nitrogens with zero attached hydrogens (tertiary/aromatic N) is 1. The Labute approximate surface area is 114 Å². The maximum atomic E-state index is 11.9. The normalized spacial score (nSPS) is 12.2. The van der Waals surface area contributed by atoms with Crippen molar-refractivity contribution in [3.8, 4) is 0 Å². The minimum absolute atomic E-state index is 0.190. The maximum Gasteiger partial charge on any atom is 0.326 e. The van der Waals surface area contributed by atoms with Gasteiger partial charge in [-0.15, -0.1) is 0 Å². The Hall–Kier alpha value is -1.43. The van der Waals surface area contributed by atoms with Crippen LogP contribution >= 0.6 is 15.9 Å². The van der Waals surface area contributed by atoms with E-state index in [2.05, 4.69) is 26.2 Å². The molecule has 5 nitrogen and oxygen atoms in total. The predicted molar refractivity (Wildman–Crippen MR) is 70.3 cm³/mol. The molecule has 6 heteroatoms. The molecule has 0 saturated carbocycles. The molecule has 0 aliphatic heterocycles. The summed E-state index contributed by atoms with van der Waals surface area (Å²) < 4.78 is 0.533. The summed E-state index contributed by atoms with van der Waals surface area (Å²) in [5.74, 6) is -1.24. The number of carbonyl (C=O) groups excluding carboxylic acids is 1. The molecule has 0 spiro atoms. The number of carbonyl (C=O) groups is 2. The topological polar surface area (TPSA) is 79.3 Å². The maximum absolute atomic E-state index is 11.9. The van der Waals surface area contributed by atoms with Gasteiger partial charge in [-0.2, -0.15) is 0 Å². The lowest BCUT2D eigenvalue weighted by Crippen LogP contribution is -2.41. The minimum atomic E-state index is -1.02. The van der Waals surface area contributed by atoms with E-state index < -0.39 is 17.9 Å². The monoisotopic (exact) mass is 314 g/mol. The van der Waals surface area contributed by atoms with E-state index in [1.807, 2.05) is 13.8 Å².